The van der Waals surface area contributed by atoms with Gasteiger partial charge < -0.3 is 11.1 Å². The van der Waals surface area contributed by atoms with Gasteiger partial charge in [0.15, 0.2) is 0 Å². The smallest absolute Gasteiger partial charge is 0.268 e. The summed E-state index contributed by atoms with van der Waals surface area (Å²) in [6, 6.07) is -0.781. The van der Waals surface area contributed by atoms with Crippen molar-refractivity contribution in [2.24, 2.45) is 5.73 Å². The molecule has 0 spiro atoms. The first-order chi connectivity index (χ1) is 6.09. The quantitative estimate of drug-likeness (QED) is 0.489. The number of hydroxylamine groups is 1. The van der Waals surface area contributed by atoms with Gasteiger partial charge in [-0.25, -0.2) is 5.48 Å². The van der Waals surface area contributed by atoms with Gasteiger partial charge in [0, 0.05) is 12.5 Å². The number of nitrogens with two attached hydrogens (primary N) is 1. The Bertz CT molecular complexity index is 217. The number of hydrogen-bond donors (Lipinski definition) is 3. The molecular formula is C7H13N3O3. The Morgan fingerprint density at radius 2 is 2.62 bits per heavy atom. The van der Waals surface area contributed by atoms with E-state index in [0.29, 0.717) is 0 Å². The summed E-state index contributed by atoms with van der Waals surface area (Å²) in [6.07, 6.45) is 0.212. The summed E-state index contributed by atoms with van der Waals surface area (Å²) in [4.78, 5) is 26.7. The van der Waals surface area contributed by atoms with Gasteiger partial charge in [-0.15, -0.1) is 0 Å². The van der Waals surface area contributed by atoms with E-state index in [9.17, 15) is 9.59 Å². The maximum Gasteiger partial charge on any atom is 0.268 e. The number of carbonyl (C=O) groups is 2. The summed E-state index contributed by atoms with van der Waals surface area (Å²) in [7, 11) is 0. The van der Waals surface area contributed by atoms with Gasteiger partial charge in [-0.3, -0.25) is 14.4 Å². The van der Waals surface area contributed by atoms with E-state index in [1.807, 2.05) is 0 Å². The lowest BCUT2D eigenvalue weighted by molar-refractivity contribution is -0.128. The van der Waals surface area contributed by atoms with Gasteiger partial charge in [-0.2, -0.15) is 0 Å². The summed E-state index contributed by atoms with van der Waals surface area (Å²) in [6.45, 7) is 1.90. The Balaban J connectivity index is 2.31. The molecule has 2 amide bonds. The average Bonchev–Trinajstić information content (AvgIpc) is 2.34. The van der Waals surface area contributed by atoms with Crippen molar-refractivity contribution in [1.82, 2.24) is 10.8 Å². The van der Waals surface area contributed by atoms with Crippen LogP contribution in [0.3, 0.4) is 0 Å². The monoisotopic (exact) mass is 187 g/mol. The van der Waals surface area contributed by atoms with Gasteiger partial charge in [0.25, 0.3) is 5.91 Å². The van der Waals surface area contributed by atoms with E-state index < -0.39 is 6.04 Å². The first kappa shape index (κ1) is 9.94. The third-order valence-electron chi connectivity index (χ3n) is 1.58. The molecule has 74 valence electrons. The second-order valence-corrected chi connectivity index (χ2v) is 3.08. The van der Waals surface area contributed by atoms with Crippen molar-refractivity contribution in [1.29, 1.82) is 0 Å². The fourth-order valence-electron chi connectivity index (χ4n) is 0.996. The van der Waals surface area contributed by atoms with Crippen LogP contribution in [0.5, 0.6) is 0 Å². The Hall–Kier alpha value is -1.14. The Morgan fingerprint density at radius 3 is 3.08 bits per heavy atom. The minimum atomic E-state index is -0.578. The molecule has 2 atom stereocenters. The highest BCUT2D eigenvalue weighted by atomic mass is 16.7. The van der Waals surface area contributed by atoms with Crippen LogP contribution >= 0.6 is 0 Å². The summed E-state index contributed by atoms with van der Waals surface area (Å²) in [5.41, 5.74) is 7.55. The predicted molar refractivity (Wildman–Crippen MR) is 44.3 cm³/mol. The zero-order valence-corrected chi connectivity index (χ0v) is 7.37. The highest BCUT2D eigenvalue weighted by Gasteiger charge is 2.26. The molecule has 0 radical (unpaired) electrons. The largest absolute Gasteiger partial charge is 0.342 e. The van der Waals surface area contributed by atoms with E-state index in [1.165, 1.54) is 0 Å². The minimum absolute atomic E-state index is 0.170. The normalized spacial score (nSPS) is 23.8. The van der Waals surface area contributed by atoms with Crippen LogP contribution in [-0.4, -0.2) is 30.5 Å². The number of amides is 2. The first-order valence-electron chi connectivity index (χ1n) is 4.06. The number of rotatable bonds is 3. The third kappa shape index (κ3) is 3.00. The maximum absolute atomic E-state index is 11.1. The van der Waals surface area contributed by atoms with E-state index in [2.05, 4.69) is 15.6 Å². The van der Waals surface area contributed by atoms with Crippen LogP contribution in [-0.2, 0) is 14.4 Å². The Morgan fingerprint density at radius 1 is 1.92 bits per heavy atom. The van der Waals surface area contributed by atoms with Crippen molar-refractivity contribution in [2.45, 2.75) is 25.4 Å². The summed E-state index contributed by atoms with van der Waals surface area (Å²) < 4.78 is 0. The highest BCUT2D eigenvalue weighted by molar-refractivity contribution is 5.88. The number of carbonyl (C=O) groups excluding carboxylic acids is 2. The van der Waals surface area contributed by atoms with Crippen LogP contribution in [0.15, 0.2) is 0 Å². The van der Waals surface area contributed by atoms with Crippen LogP contribution in [0.1, 0.15) is 13.3 Å². The van der Waals surface area contributed by atoms with E-state index >= 15 is 0 Å². The molecular weight excluding hydrogens is 174 g/mol. The highest BCUT2D eigenvalue weighted by Crippen LogP contribution is 1.95. The molecule has 1 fully saturated rings. The van der Waals surface area contributed by atoms with Crippen molar-refractivity contribution < 1.29 is 14.4 Å². The van der Waals surface area contributed by atoms with Crippen LogP contribution in [0, 0.1) is 0 Å². The summed E-state index contributed by atoms with van der Waals surface area (Å²) in [5.74, 6) is -0.557. The van der Waals surface area contributed by atoms with Crippen molar-refractivity contribution in [3.63, 3.8) is 0 Å². The van der Waals surface area contributed by atoms with Crippen LogP contribution in [0.2, 0.25) is 0 Å². The lowest BCUT2D eigenvalue weighted by atomic mass is 10.2. The topological polar surface area (TPSA) is 93.5 Å². The van der Waals surface area contributed by atoms with Gasteiger partial charge in [-0.1, -0.05) is 0 Å². The zero-order chi connectivity index (χ0) is 9.84. The van der Waals surface area contributed by atoms with Crippen LogP contribution in [0.25, 0.3) is 0 Å². The minimum Gasteiger partial charge on any atom is -0.342 e. The molecule has 4 N–H and O–H groups in total. The van der Waals surface area contributed by atoms with Gasteiger partial charge in [-0.05, 0) is 6.92 Å². The maximum atomic E-state index is 11.1. The van der Waals surface area contributed by atoms with Crippen molar-refractivity contribution in [2.75, 3.05) is 6.61 Å². The van der Waals surface area contributed by atoms with Gasteiger partial charge in [0.1, 0.15) is 12.6 Å². The molecule has 0 aromatic carbocycles. The lowest BCUT2D eigenvalue weighted by Gasteiger charge is -2.09. The molecule has 1 aliphatic heterocycles. The van der Waals surface area contributed by atoms with Crippen LogP contribution in [0.4, 0.5) is 0 Å². The molecule has 6 nitrogen and oxygen atoms in total. The Labute approximate surface area is 75.8 Å². The van der Waals surface area contributed by atoms with E-state index in [0.717, 1.165) is 0 Å². The van der Waals surface area contributed by atoms with Gasteiger partial charge in [0.05, 0.1) is 0 Å². The molecule has 1 rings (SSSR count). The molecule has 1 aliphatic rings. The molecule has 0 aliphatic carbocycles. The number of hydrogen-bond acceptors (Lipinski definition) is 4. The fourth-order valence-corrected chi connectivity index (χ4v) is 0.996. The molecule has 0 saturated carbocycles. The first-order valence-corrected chi connectivity index (χ1v) is 4.06. The Kier molecular flexibility index (Phi) is 3.21. The summed E-state index contributed by atoms with van der Waals surface area (Å²) in [5, 5.41) is 2.50. The molecule has 1 saturated heterocycles. The van der Waals surface area contributed by atoms with E-state index in [1.54, 1.807) is 6.92 Å². The van der Waals surface area contributed by atoms with Gasteiger partial charge >= 0.3 is 0 Å². The molecule has 0 bridgehead atoms. The van der Waals surface area contributed by atoms with Crippen molar-refractivity contribution >= 4 is 11.8 Å². The van der Waals surface area contributed by atoms with E-state index in [-0.39, 0.29) is 30.9 Å². The van der Waals surface area contributed by atoms with Crippen molar-refractivity contribution in [3.8, 4) is 0 Å². The zero-order valence-electron chi connectivity index (χ0n) is 7.37. The molecule has 13 heavy (non-hydrogen) atoms. The molecule has 6 heteroatoms. The second-order valence-electron chi connectivity index (χ2n) is 3.08. The van der Waals surface area contributed by atoms with Crippen LogP contribution < -0.4 is 16.5 Å². The predicted octanol–water partition coefficient (Wildman–Crippen LogP) is -1.73. The van der Waals surface area contributed by atoms with Crippen molar-refractivity contribution in [3.05, 3.63) is 0 Å². The molecule has 2 unspecified atom stereocenters. The number of nitrogens with one attached hydrogen (secondary N) is 2. The standard InChI is InChI=1S/C7H13N3O3/c1-4(8)2-6(11)9-5-3-13-10-7(5)12/h4-5H,2-3,8H2,1H3,(H,9,11)(H,10,12). The van der Waals surface area contributed by atoms with Gasteiger partial charge in [0.2, 0.25) is 5.91 Å². The average molecular weight is 187 g/mol. The molecule has 0 aromatic heterocycles. The fraction of sp³-hybridized carbons (Fsp3) is 0.714. The van der Waals surface area contributed by atoms with E-state index in [4.69, 9.17) is 5.73 Å². The molecule has 0 aromatic rings. The summed E-state index contributed by atoms with van der Waals surface area (Å²) >= 11 is 0. The second kappa shape index (κ2) is 4.20. The third-order valence-corrected chi connectivity index (χ3v) is 1.58. The lowest BCUT2D eigenvalue weighted by Crippen LogP contribution is -2.43. The SMILES string of the molecule is CC(N)CC(=O)NC1CONC1=O. The molecule has 1 heterocycles.